The van der Waals surface area contributed by atoms with Gasteiger partial charge in [0.15, 0.2) is 0 Å². The number of benzene rings is 3. The normalized spacial score (nSPS) is 15.3. The Morgan fingerprint density at radius 2 is 1.84 bits per heavy atom. The van der Waals surface area contributed by atoms with E-state index in [2.05, 4.69) is 19.2 Å². The summed E-state index contributed by atoms with van der Waals surface area (Å²) in [6.45, 7) is 8.90. The van der Waals surface area contributed by atoms with Crippen LogP contribution in [-0.4, -0.2) is 25.0 Å². The van der Waals surface area contributed by atoms with Crippen molar-refractivity contribution in [3.8, 4) is 5.75 Å². The van der Waals surface area contributed by atoms with Crippen molar-refractivity contribution < 1.29 is 14.3 Å². The molecule has 0 spiro atoms. The van der Waals surface area contributed by atoms with Gasteiger partial charge in [0, 0.05) is 18.3 Å². The standard InChI is InChI=1S/C27H30N2O3/c1-18(2)16-29-23-13-12-21(15-24(23)32-17-27(3,4)26(29)31)28-25(30)14-20-10-7-9-19-8-5-6-11-22(19)20/h5-13,15,18H,14,16-17H2,1-4H3,(H,28,30). The summed E-state index contributed by atoms with van der Waals surface area (Å²) in [7, 11) is 0. The highest BCUT2D eigenvalue weighted by Gasteiger charge is 2.38. The van der Waals surface area contributed by atoms with Crippen LogP contribution in [-0.2, 0) is 16.0 Å². The number of hydrogen-bond donors (Lipinski definition) is 1. The van der Waals surface area contributed by atoms with Crippen LogP contribution < -0.4 is 15.0 Å². The first-order chi connectivity index (χ1) is 15.2. The highest BCUT2D eigenvalue weighted by atomic mass is 16.5. The third kappa shape index (κ3) is 4.47. The Balaban J connectivity index is 1.57. The molecular formula is C27H30N2O3. The Bertz CT molecular complexity index is 1160. The molecule has 2 amide bonds. The molecule has 0 fully saturated rings. The Labute approximate surface area is 189 Å². The van der Waals surface area contributed by atoms with E-state index in [0.29, 0.717) is 30.5 Å². The number of ether oxygens (including phenoxy) is 1. The molecule has 5 nitrogen and oxygen atoms in total. The molecule has 0 unspecified atom stereocenters. The van der Waals surface area contributed by atoms with Crippen LogP contribution in [0.3, 0.4) is 0 Å². The molecule has 1 N–H and O–H groups in total. The smallest absolute Gasteiger partial charge is 0.236 e. The average Bonchev–Trinajstić information content (AvgIpc) is 2.84. The molecule has 0 saturated carbocycles. The van der Waals surface area contributed by atoms with Crippen molar-refractivity contribution in [2.24, 2.45) is 11.3 Å². The van der Waals surface area contributed by atoms with E-state index in [1.165, 1.54) is 0 Å². The van der Waals surface area contributed by atoms with E-state index in [4.69, 9.17) is 4.74 Å². The van der Waals surface area contributed by atoms with Gasteiger partial charge in [0.2, 0.25) is 11.8 Å². The molecule has 5 heteroatoms. The molecular weight excluding hydrogens is 400 g/mol. The van der Waals surface area contributed by atoms with Crippen LogP contribution in [0.15, 0.2) is 60.7 Å². The molecule has 1 aliphatic heterocycles. The summed E-state index contributed by atoms with van der Waals surface area (Å²) in [5.74, 6) is 0.899. The number of nitrogens with zero attached hydrogens (tertiary/aromatic N) is 1. The Morgan fingerprint density at radius 3 is 2.62 bits per heavy atom. The summed E-state index contributed by atoms with van der Waals surface area (Å²) in [4.78, 5) is 27.7. The molecule has 166 valence electrons. The SMILES string of the molecule is CC(C)CN1C(=O)C(C)(C)COc2cc(NC(=O)Cc3cccc4ccccc34)ccc21. The lowest BCUT2D eigenvalue weighted by atomic mass is 9.92. The van der Waals surface area contributed by atoms with Gasteiger partial charge >= 0.3 is 0 Å². The molecule has 0 aliphatic carbocycles. The second-order valence-corrected chi connectivity index (χ2v) is 9.53. The van der Waals surface area contributed by atoms with Gasteiger partial charge < -0.3 is 15.0 Å². The molecule has 32 heavy (non-hydrogen) atoms. The zero-order chi connectivity index (χ0) is 22.9. The number of amides is 2. The predicted octanol–water partition coefficient (Wildman–Crippen LogP) is 5.43. The predicted molar refractivity (Wildman–Crippen MR) is 129 cm³/mol. The second-order valence-electron chi connectivity index (χ2n) is 9.53. The van der Waals surface area contributed by atoms with E-state index in [0.717, 1.165) is 22.0 Å². The van der Waals surface area contributed by atoms with Crippen molar-refractivity contribution in [3.63, 3.8) is 0 Å². The van der Waals surface area contributed by atoms with Crippen molar-refractivity contribution in [1.82, 2.24) is 0 Å². The lowest BCUT2D eigenvalue weighted by Gasteiger charge is -2.29. The lowest BCUT2D eigenvalue weighted by molar-refractivity contribution is -0.127. The molecule has 0 aromatic heterocycles. The molecule has 0 atom stereocenters. The van der Waals surface area contributed by atoms with E-state index in [9.17, 15) is 9.59 Å². The summed E-state index contributed by atoms with van der Waals surface area (Å²) in [5, 5.41) is 5.19. The minimum atomic E-state index is -0.619. The van der Waals surface area contributed by atoms with E-state index in [1.807, 2.05) is 79.4 Å². The molecule has 1 heterocycles. The molecule has 0 radical (unpaired) electrons. The van der Waals surface area contributed by atoms with Gasteiger partial charge in [-0.1, -0.05) is 56.3 Å². The molecule has 1 aliphatic rings. The highest BCUT2D eigenvalue weighted by Crippen LogP contribution is 2.38. The molecule has 3 aromatic rings. The summed E-state index contributed by atoms with van der Waals surface area (Å²) in [6, 6.07) is 19.6. The molecule has 0 bridgehead atoms. The van der Waals surface area contributed by atoms with Crippen LogP contribution in [0.1, 0.15) is 33.3 Å². The fraction of sp³-hybridized carbons (Fsp3) is 0.333. The fourth-order valence-electron chi connectivity index (χ4n) is 4.10. The van der Waals surface area contributed by atoms with Crippen molar-refractivity contribution >= 4 is 34.0 Å². The van der Waals surface area contributed by atoms with Gasteiger partial charge in [-0.2, -0.15) is 0 Å². The van der Waals surface area contributed by atoms with Gasteiger partial charge in [0.05, 0.1) is 17.5 Å². The van der Waals surface area contributed by atoms with Crippen molar-refractivity contribution in [1.29, 1.82) is 0 Å². The maximum Gasteiger partial charge on any atom is 0.236 e. The number of nitrogens with one attached hydrogen (secondary N) is 1. The fourth-order valence-corrected chi connectivity index (χ4v) is 4.10. The zero-order valence-corrected chi connectivity index (χ0v) is 19.1. The Hall–Kier alpha value is -3.34. The van der Waals surface area contributed by atoms with Gasteiger partial charge in [-0.3, -0.25) is 9.59 Å². The number of carbonyl (C=O) groups excluding carboxylic acids is 2. The first-order valence-corrected chi connectivity index (χ1v) is 11.1. The monoisotopic (exact) mass is 430 g/mol. The Kier molecular flexibility index (Phi) is 5.92. The minimum absolute atomic E-state index is 0.0534. The minimum Gasteiger partial charge on any atom is -0.490 e. The number of anilines is 2. The van der Waals surface area contributed by atoms with Crippen molar-refractivity contribution in [2.45, 2.75) is 34.1 Å². The first-order valence-electron chi connectivity index (χ1n) is 11.1. The van der Waals surface area contributed by atoms with Crippen molar-refractivity contribution in [3.05, 3.63) is 66.2 Å². The second kappa shape index (κ2) is 8.65. The maximum absolute atomic E-state index is 13.1. The van der Waals surface area contributed by atoms with Gasteiger partial charge in [-0.25, -0.2) is 0 Å². The highest BCUT2D eigenvalue weighted by molar-refractivity contribution is 6.00. The molecule has 0 saturated heterocycles. The van der Waals surface area contributed by atoms with Crippen LogP contribution >= 0.6 is 0 Å². The van der Waals surface area contributed by atoms with Crippen LogP contribution in [0.25, 0.3) is 10.8 Å². The number of rotatable bonds is 5. The van der Waals surface area contributed by atoms with Crippen LogP contribution in [0.5, 0.6) is 5.75 Å². The van der Waals surface area contributed by atoms with E-state index in [1.54, 1.807) is 0 Å². The van der Waals surface area contributed by atoms with Gasteiger partial charge in [0.1, 0.15) is 12.4 Å². The number of carbonyl (C=O) groups is 2. The van der Waals surface area contributed by atoms with Gasteiger partial charge in [0.25, 0.3) is 0 Å². The van der Waals surface area contributed by atoms with Crippen LogP contribution in [0.2, 0.25) is 0 Å². The van der Waals surface area contributed by atoms with Gasteiger partial charge in [-0.15, -0.1) is 0 Å². The summed E-state index contributed by atoms with van der Waals surface area (Å²) < 4.78 is 6.03. The maximum atomic E-state index is 13.1. The summed E-state index contributed by atoms with van der Waals surface area (Å²) in [5.41, 5.74) is 1.78. The Morgan fingerprint density at radius 1 is 1.09 bits per heavy atom. The quantitative estimate of drug-likeness (QED) is 0.587. The largest absolute Gasteiger partial charge is 0.490 e. The van der Waals surface area contributed by atoms with Crippen LogP contribution in [0.4, 0.5) is 11.4 Å². The zero-order valence-electron chi connectivity index (χ0n) is 19.1. The number of hydrogen-bond acceptors (Lipinski definition) is 3. The molecule has 4 rings (SSSR count). The number of fused-ring (bicyclic) bond motifs is 2. The van der Waals surface area contributed by atoms with E-state index < -0.39 is 5.41 Å². The average molecular weight is 431 g/mol. The lowest BCUT2D eigenvalue weighted by Crippen LogP contribution is -2.43. The van der Waals surface area contributed by atoms with Crippen LogP contribution in [0, 0.1) is 11.3 Å². The molecule has 3 aromatic carbocycles. The first kappa shape index (κ1) is 21.9. The van der Waals surface area contributed by atoms with Crippen molar-refractivity contribution in [2.75, 3.05) is 23.4 Å². The topological polar surface area (TPSA) is 58.6 Å². The van der Waals surface area contributed by atoms with E-state index >= 15 is 0 Å². The third-order valence-corrected chi connectivity index (χ3v) is 5.73. The summed E-state index contributed by atoms with van der Waals surface area (Å²) >= 11 is 0. The summed E-state index contributed by atoms with van der Waals surface area (Å²) in [6.07, 6.45) is 0.282. The third-order valence-electron chi connectivity index (χ3n) is 5.73. The van der Waals surface area contributed by atoms with E-state index in [-0.39, 0.29) is 18.2 Å². The van der Waals surface area contributed by atoms with Gasteiger partial charge in [-0.05, 0) is 48.2 Å².